The minimum absolute atomic E-state index is 0.0722. The van der Waals surface area contributed by atoms with Gasteiger partial charge in [-0.1, -0.05) is 6.92 Å². The van der Waals surface area contributed by atoms with Crippen LogP contribution in [0.4, 0.5) is 5.69 Å². The Bertz CT molecular complexity index is 477. The number of anilines is 1. The van der Waals surface area contributed by atoms with Crippen LogP contribution in [0.25, 0.3) is 0 Å². The van der Waals surface area contributed by atoms with Crippen LogP contribution >= 0.6 is 0 Å². The van der Waals surface area contributed by atoms with E-state index in [1.807, 2.05) is 18.2 Å². The highest BCUT2D eigenvalue weighted by Gasteiger charge is 2.15. The lowest BCUT2D eigenvalue weighted by molar-refractivity contribution is -0.116. The van der Waals surface area contributed by atoms with Crippen LogP contribution in [-0.2, 0) is 11.2 Å². The number of amides is 1. The van der Waals surface area contributed by atoms with Crippen molar-refractivity contribution >= 4 is 11.6 Å². The number of hydrogen-bond acceptors (Lipinski definition) is 4. The molecule has 0 spiro atoms. The molecule has 1 aliphatic heterocycles. The van der Waals surface area contributed by atoms with Crippen molar-refractivity contribution in [1.29, 1.82) is 0 Å². The third kappa shape index (κ3) is 4.72. The molecule has 1 aliphatic rings. The van der Waals surface area contributed by atoms with Gasteiger partial charge in [-0.25, -0.2) is 0 Å². The Morgan fingerprint density at radius 3 is 3.05 bits per heavy atom. The van der Waals surface area contributed by atoms with E-state index in [4.69, 9.17) is 9.84 Å². The molecule has 1 unspecified atom stereocenters. The second-order valence-electron chi connectivity index (χ2n) is 5.34. The molecule has 116 valence electrons. The molecule has 1 aromatic carbocycles. The van der Waals surface area contributed by atoms with Crippen LogP contribution in [0, 0.1) is 0 Å². The first-order valence-corrected chi connectivity index (χ1v) is 7.62. The number of aryl methyl sites for hydroxylation is 1. The Hall–Kier alpha value is -1.59. The quantitative estimate of drug-likeness (QED) is 0.682. The van der Waals surface area contributed by atoms with Gasteiger partial charge in [-0.2, -0.15) is 0 Å². The molecule has 2 rings (SSSR count). The molecule has 0 saturated heterocycles. The summed E-state index contributed by atoms with van der Waals surface area (Å²) in [6, 6.07) is 5.92. The molecule has 1 aromatic rings. The van der Waals surface area contributed by atoms with Crippen molar-refractivity contribution in [1.82, 2.24) is 5.32 Å². The molecular formula is C16H24N2O3. The first-order valence-electron chi connectivity index (χ1n) is 7.62. The Morgan fingerprint density at radius 1 is 1.43 bits per heavy atom. The maximum Gasteiger partial charge on any atom is 0.224 e. The van der Waals surface area contributed by atoms with Gasteiger partial charge in [-0.3, -0.25) is 4.79 Å². The molecule has 1 amide bonds. The second-order valence-corrected chi connectivity index (χ2v) is 5.34. The van der Waals surface area contributed by atoms with E-state index in [9.17, 15) is 4.79 Å². The summed E-state index contributed by atoms with van der Waals surface area (Å²) in [6.07, 6.45) is 3.02. The van der Waals surface area contributed by atoms with Crippen LogP contribution in [0.2, 0.25) is 0 Å². The SMILES string of the molecule is CCCNC(CCO)COc1ccc2c(c1)CCC(=O)N2. The van der Waals surface area contributed by atoms with Gasteiger partial charge in [0.2, 0.25) is 5.91 Å². The molecule has 3 N–H and O–H groups in total. The fourth-order valence-electron chi connectivity index (χ4n) is 2.39. The van der Waals surface area contributed by atoms with Gasteiger partial charge in [0.25, 0.3) is 0 Å². The molecule has 0 aliphatic carbocycles. The molecular weight excluding hydrogens is 268 g/mol. The van der Waals surface area contributed by atoms with Gasteiger partial charge in [0.1, 0.15) is 12.4 Å². The Labute approximate surface area is 125 Å². The van der Waals surface area contributed by atoms with Crippen molar-refractivity contribution in [2.24, 2.45) is 0 Å². The predicted molar refractivity (Wildman–Crippen MR) is 82.7 cm³/mol. The highest BCUT2D eigenvalue weighted by atomic mass is 16.5. The van der Waals surface area contributed by atoms with Gasteiger partial charge in [0.05, 0.1) is 0 Å². The van der Waals surface area contributed by atoms with Crippen molar-refractivity contribution in [3.05, 3.63) is 23.8 Å². The van der Waals surface area contributed by atoms with Gasteiger partial charge in [-0.15, -0.1) is 0 Å². The molecule has 0 aromatic heterocycles. The van der Waals surface area contributed by atoms with Gasteiger partial charge >= 0.3 is 0 Å². The van der Waals surface area contributed by atoms with E-state index in [-0.39, 0.29) is 18.6 Å². The summed E-state index contributed by atoms with van der Waals surface area (Å²) in [5, 5.41) is 15.3. The van der Waals surface area contributed by atoms with Crippen molar-refractivity contribution < 1.29 is 14.6 Å². The monoisotopic (exact) mass is 292 g/mol. The maximum absolute atomic E-state index is 11.3. The van der Waals surface area contributed by atoms with Crippen LogP contribution < -0.4 is 15.4 Å². The van der Waals surface area contributed by atoms with Crippen molar-refractivity contribution in [3.63, 3.8) is 0 Å². The van der Waals surface area contributed by atoms with E-state index < -0.39 is 0 Å². The zero-order valence-electron chi connectivity index (χ0n) is 12.5. The lowest BCUT2D eigenvalue weighted by Gasteiger charge is -2.20. The number of aliphatic hydroxyl groups is 1. The topological polar surface area (TPSA) is 70.6 Å². The smallest absolute Gasteiger partial charge is 0.224 e. The minimum Gasteiger partial charge on any atom is -0.492 e. The molecule has 0 radical (unpaired) electrons. The molecule has 0 bridgehead atoms. The van der Waals surface area contributed by atoms with E-state index in [2.05, 4.69) is 17.6 Å². The zero-order valence-corrected chi connectivity index (χ0v) is 12.5. The van der Waals surface area contributed by atoms with Gasteiger partial charge < -0.3 is 20.5 Å². The zero-order chi connectivity index (χ0) is 15.1. The summed E-state index contributed by atoms with van der Waals surface area (Å²) in [5.74, 6) is 0.883. The molecule has 5 nitrogen and oxygen atoms in total. The number of hydrogen-bond donors (Lipinski definition) is 3. The molecule has 5 heteroatoms. The normalized spacial score (nSPS) is 15.2. The fourth-order valence-corrected chi connectivity index (χ4v) is 2.39. The standard InChI is InChI=1S/C16H24N2O3/c1-2-8-17-13(7-9-19)11-21-14-4-5-15-12(10-14)3-6-16(20)18-15/h4-5,10,13,17,19H,2-3,6-9,11H2,1H3,(H,18,20). The largest absolute Gasteiger partial charge is 0.492 e. The van der Waals surface area contributed by atoms with Crippen LogP contribution in [0.3, 0.4) is 0 Å². The number of ether oxygens (including phenoxy) is 1. The highest BCUT2D eigenvalue weighted by Crippen LogP contribution is 2.26. The summed E-state index contributed by atoms with van der Waals surface area (Å²) in [4.78, 5) is 11.3. The molecule has 1 heterocycles. The molecule has 21 heavy (non-hydrogen) atoms. The first-order chi connectivity index (χ1) is 10.2. The van der Waals surface area contributed by atoms with Crippen LogP contribution in [0.5, 0.6) is 5.75 Å². The number of aliphatic hydroxyl groups excluding tert-OH is 1. The summed E-state index contributed by atoms with van der Waals surface area (Å²) in [7, 11) is 0. The van der Waals surface area contributed by atoms with Crippen molar-refractivity contribution in [2.45, 2.75) is 38.6 Å². The lowest BCUT2D eigenvalue weighted by atomic mass is 10.0. The summed E-state index contributed by atoms with van der Waals surface area (Å²) < 4.78 is 5.82. The number of fused-ring (bicyclic) bond motifs is 1. The van der Waals surface area contributed by atoms with Gasteiger partial charge in [0, 0.05) is 24.8 Å². The maximum atomic E-state index is 11.3. The lowest BCUT2D eigenvalue weighted by Crippen LogP contribution is -2.36. The molecule has 0 fully saturated rings. The summed E-state index contributed by atoms with van der Waals surface area (Å²) in [6.45, 7) is 3.72. The van der Waals surface area contributed by atoms with E-state index in [0.29, 0.717) is 19.4 Å². The van der Waals surface area contributed by atoms with Crippen LogP contribution in [-0.4, -0.2) is 36.8 Å². The fraction of sp³-hybridized carbons (Fsp3) is 0.562. The molecule has 1 atom stereocenters. The Balaban J connectivity index is 1.91. The summed E-state index contributed by atoms with van der Waals surface area (Å²) in [5.41, 5.74) is 2.00. The Morgan fingerprint density at radius 2 is 2.29 bits per heavy atom. The average molecular weight is 292 g/mol. The third-order valence-corrected chi connectivity index (χ3v) is 3.58. The Kier molecular flexibility index (Phi) is 6.02. The van der Waals surface area contributed by atoms with Crippen molar-refractivity contribution in [2.75, 3.05) is 25.1 Å². The van der Waals surface area contributed by atoms with Gasteiger partial charge in [0.15, 0.2) is 0 Å². The number of carbonyl (C=O) groups is 1. The minimum atomic E-state index is 0.0722. The van der Waals surface area contributed by atoms with Crippen molar-refractivity contribution in [3.8, 4) is 5.75 Å². The van der Waals surface area contributed by atoms with E-state index in [1.165, 1.54) is 0 Å². The number of nitrogens with one attached hydrogen (secondary N) is 2. The predicted octanol–water partition coefficient (Wildman–Crippen LogP) is 1.70. The third-order valence-electron chi connectivity index (χ3n) is 3.58. The van der Waals surface area contributed by atoms with E-state index in [1.54, 1.807) is 0 Å². The number of carbonyl (C=O) groups excluding carboxylic acids is 1. The van der Waals surface area contributed by atoms with Crippen LogP contribution in [0.15, 0.2) is 18.2 Å². The average Bonchev–Trinajstić information content (AvgIpc) is 2.50. The number of rotatable bonds is 8. The first kappa shape index (κ1) is 15.8. The van der Waals surface area contributed by atoms with E-state index in [0.717, 1.165) is 36.4 Å². The van der Waals surface area contributed by atoms with Crippen LogP contribution in [0.1, 0.15) is 31.7 Å². The summed E-state index contributed by atoms with van der Waals surface area (Å²) >= 11 is 0. The number of benzene rings is 1. The van der Waals surface area contributed by atoms with Gasteiger partial charge in [-0.05, 0) is 49.6 Å². The molecule has 0 saturated carbocycles. The second kappa shape index (κ2) is 8.00. The van der Waals surface area contributed by atoms with E-state index >= 15 is 0 Å². The highest BCUT2D eigenvalue weighted by molar-refractivity contribution is 5.93.